The van der Waals surface area contributed by atoms with Crippen LogP contribution in [0.25, 0.3) is 0 Å². The molecule has 0 atom stereocenters. The molecule has 0 unspecified atom stereocenters. The molecule has 0 saturated heterocycles. The number of amides is 1. The van der Waals surface area contributed by atoms with E-state index in [1.54, 1.807) is 24.3 Å². The van der Waals surface area contributed by atoms with Crippen LogP contribution < -0.4 is 10.1 Å². The number of carbonyl (C=O) groups is 2. The molecule has 1 aliphatic carbocycles. The highest BCUT2D eigenvalue weighted by Crippen LogP contribution is 2.40. The number of aliphatic carboxylic acids is 1. The summed E-state index contributed by atoms with van der Waals surface area (Å²) in [5, 5.41) is 12.0. The molecule has 0 spiro atoms. The van der Waals surface area contributed by atoms with Crippen LogP contribution in [0.3, 0.4) is 0 Å². The normalized spacial score (nSPS) is 15.9. The molecular weight excluding hydrogens is 270 g/mol. The van der Waals surface area contributed by atoms with Crippen LogP contribution in [0.15, 0.2) is 24.3 Å². The molecule has 114 valence electrons. The van der Waals surface area contributed by atoms with Crippen molar-refractivity contribution in [2.45, 2.75) is 32.6 Å². The zero-order valence-corrected chi connectivity index (χ0v) is 12.2. The summed E-state index contributed by atoms with van der Waals surface area (Å²) in [6.45, 7) is 2.80. The predicted molar refractivity (Wildman–Crippen MR) is 78.5 cm³/mol. The maximum atomic E-state index is 12.1. The minimum Gasteiger partial charge on any atom is -0.494 e. The van der Waals surface area contributed by atoms with E-state index >= 15 is 0 Å². The van der Waals surface area contributed by atoms with Crippen LogP contribution in [0.5, 0.6) is 5.75 Å². The van der Waals surface area contributed by atoms with E-state index in [9.17, 15) is 14.7 Å². The van der Waals surface area contributed by atoms with Gasteiger partial charge >= 0.3 is 5.97 Å². The van der Waals surface area contributed by atoms with Gasteiger partial charge in [0, 0.05) is 12.1 Å². The molecule has 0 aliphatic heterocycles. The molecule has 0 bridgehead atoms. The van der Waals surface area contributed by atoms with Crippen LogP contribution in [0.4, 0.5) is 0 Å². The Labute approximate surface area is 124 Å². The molecular formula is C16H21NO4. The standard InChI is InChI=1S/C16H21NO4/c1-2-9-21-13-6-3-5-12(10-13)14(18)17-11-16(15(19)20)7-4-8-16/h3,5-6,10H,2,4,7-9,11H2,1H3,(H,17,18)(H,19,20). The van der Waals surface area contributed by atoms with Crippen molar-refractivity contribution in [1.29, 1.82) is 0 Å². The molecule has 1 amide bonds. The number of benzene rings is 1. The third kappa shape index (κ3) is 3.54. The van der Waals surface area contributed by atoms with E-state index in [-0.39, 0.29) is 12.5 Å². The first-order chi connectivity index (χ1) is 10.1. The number of ether oxygens (including phenoxy) is 1. The van der Waals surface area contributed by atoms with Crippen LogP contribution in [0.1, 0.15) is 43.0 Å². The van der Waals surface area contributed by atoms with Crippen molar-refractivity contribution in [1.82, 2.24) is 5.32 Å². The fourth-order valence-corrected chi connectivity index (χ4v) is 2.37. The van der Waals surface area contributed by atoms with Crippen molar-refractivity contribution in [2.75, 3.05) is 13.2 Å². The van der Waals surface area contributed by atoms with Crippen LogP contribution in [-0.4, -0.2) is 30.1 Å². The first-order valence-electron chi connectivity index (χ1n) is 7.32. The maximum absolute atomic E-state index is 12.1. The van der Waals surface area contributed by atoms with E-state index in [0.29, 0.717) is 30.8 Å². The van der Waals surface area contributed by atoms with E-state index < -0.39 is 11.4 Å². The van der Waals surface area contributed by atoms with Gasteiger partial charge in [0.15, 0.2) is 0 Å². The number of hydrogen-bond acceptors (Lipinski definition) is 3. The number of carbonyl (C=O) groups excluding carboxylic acids is 1. The van der Waals surface area contributed by atoms with Crippen molar-refractivity contribution in [2.24, 2.45) is 5.41 Å². The van der Waals surface area contributed by atoms with Crippen LogP contribution in [-0.2, 0) is 4.79 Å². The summed E-state index contributed by atoms with van der Waals surface area (Å²) >= 11 is 0. The van der Waals surface area contributed by atoms with Crippen molar-refractivity contribution < 1.29 is 19.4 Å². The second kappa shape index (κ2) is 6.61. The molecule has 1 aliphatic rings. The number of carboxylic acids is 1. The van der Waals surface area contributed by atoms with Gasteiger partial charge in [-0.25, -0.2) is 0 Å². The molecule has 1 aromatic rings. The van der Waals surface area contributed by atoms with Crippen molar-refractivity contribution >= 4 is 11.9 Å². The quantitative estimate of drug-likeness (QED) is 0.809. The van der Waals surface area contributed by atoms with E-state index in [2.05, 4.69) is 5.32 Å². The van der Waals surface area contributed by atoms with Gasteiger partial charge in [-0.3, -0.25) is 9.59 Å². The maximum Gasteiger partial charge on any atom is 0.311 e. The van der Waals surface area contributed by atoms with Crippen molar-refractivity contribution in [3.8, 4) is 5.75 Å². The Hall–Kier alpha value is -2.04. The Morgan fingerprint density at radius 3 is 2.71 bits per heavy atom. The van der Waals surface area contributed by atoms with Crippen molar-refractivity contribution in [3.05, 3.63) is 29.8 Å². The first kappa shape index (κ1) is 15.4. The lowest BCUT2D eigenvalue weighted by Gasteiger charge is -2.37. The number of carboxylic acid groups (broad SMARTS) is 1. The highest BCUT2D eigenvalue weighted by atomic mass is 16.5. The van der Waals surface area contributed by atoms with Gasteiger partial charge in [-0.2, -0.15) is 0 Å². The van der Waals surface area contributed by atoms with Crippen molar-refractivity contribution in [3.63, 3.8) is 0 Å². The Morgan fingerprint density at radius 1 is 1.38 bits per heavy atom. The van der Waals surface area contributed by atoms with Gasteiger partial charge in [0.05, 0.1) is 12.0 Å². The molecule has 1 aromatic carbocycles. The van der Waals surface area contributed by atoms with Gasteiger partial charge in [-0.15, -0.1) is 0 Å². The Morgan fingerprint density at radius 2 is 2.14 bits per heavy atom. The van der Waals surface area contributed by atoms with Gasteiger partial charge in [-0.1, -0.05) is 19.4 Å². The summed E-state index contributed by atoms with van der Waals surface area (Å²) in [5.74, 6) is -0.431. The smallest absolute Gasteiger partial charge is 0.311 e. The molecule has 0 radical (unpaired) electrons. The molecule has 1 fully saturated rings. The van der Waals surface area contributed by atoms with Crippen LogP contribution in [0, 0.1) is 5.41 Å². The third-order valence-corrected chi connectivity index (χ3v) is 3.92. The Balaban J connectivity index is 1.95. The second-order valence-corrected chi connectivity index (χ2v) is 5.50. The van der Waals surface area contributed by atoms with Gasteiger partial charge in [0.25, 0.3) is 5.91 Å². The monoisotopic (exact) mass is 291 g/mol. The summed E-state index contributed by atoms with van der Waals surface area (Å²) in [6, 6.07) is 6.94. The van der Waals surface area contributed by atoms with Crippen LogP contribution in [0.2, 0.25) is 0 Å². The molecule has 2 N–H and O–H groups in total. The molecule has 2 rings (SSSR count). The Kier molecular flexibility index (Phi) is 4.83. The predicted octanol–water partition coefficient (Wildman–Crippen LogP) is 2.46. The molecule has 5 heteroatoms. The summed E-state index contributed by atoms with van der Waals surface area (Å²) in [4.78, 5) is 23.4. The van der Waals surface area contributed by atoms with Gasteiger partial charge in [0.2, 0.25) is 0 Å². The van der Waals surface area contributed by atoms with E-state index in [1.165, 1.54) is 0 Å². The topological polar surface area (TPSA) is 75.6 Å². The van der Waals surface area contributed by atoms with Gasteiger partial charge in [0.1, 0.15) is 5.75 Å². The first-order valence-corrected chi connectivity index (χ1v) is 7.32. The Bertz CT molecular complexity index is 523. The number of nitrogens with one attached hydrogen (secondary N) is 1. The number of rotatable bonds is 7. The highest BCUT2D eigenvalue weighted by molar-refractivity contribution is 5.95. The summed E-state index contributed by atoms with van der Waals surface area (Å²) < 4.78 is 5.49. The summed E-state index contributed by atoms with van der Waals surface area (Å²) in [7, 11) is 0. The molecule has 0 aromatic heterocycles. The zero-order valence-electron chi connectivity index (χ0n) is 12.2. The van der Waals surface area contributed by atoms with E-state index in [1.807, 2.05) is 6.92 Å². The molecule has 1 saturated carbocycles. The summed E-state index contributed by atoms with van der Waals surface area (Å²) in [5.41, 5.74) is -0.283. The fourth-order valence-electron chi connectivity index (χ4n) is 2.37. The van der Waals surface area contributed by atoms with Gasteiger partial charge in [-0.05, 0) is 37.5 Å². The largest absolute Gasteiger partial charge is 0.494 e. The summed E-state index contributed by atoms with van der Waals surface area (Å²) in [6.07, 6.45) is 3.06. The molecule has 21 heavy (non-hydrogen) atoms. The third-order valence-electron chi connectivity index (χ3n) is 3.92. The average molecular weight is 291 g/mol. The second-order valence-electron chi connectivity index (χ2n) is 5.50. The SMILES string of the molecule is CCCOc1cccc(C(=O)NCC2(C(=O)O)CCC2)c1. The lowest BCUT2D eigenvalue weighted by molar-refractivity contribution is -0.153. The molecule has 5 nitrogen and oxygen atoms in total. The fraction of sp³-hybridized carbons (Fsp3) is 0.500. The molecule has 0 heterocycles. The van der Waals surface area contributed by atoms with E-state index in [4.69, 9.17) is 4.74 Å². The lowest BCUT2D eigenvalue weighted by Crippen LogP contribution is -2.47. The van der Waals surface area contributed by atoms with E-state index in [0.717, 1.165) is 12.8 Å². The minimum absolute atomic E-state index is 0.182. The number of hydrogen-bond donors (Lipinski definition) is 2. The van der Waals surface area contributed by atoms with Gasteiger partial charge < -0.3 is 15.2 Å². The average Bonchev–Trinajstić information content (AvgIpc) is 2.43. The minimum atomic E-state index is -0.825. The lowest BCUT2D eigenvalue weighted by atomic mass is 9.69. The highest BCUT2D eigenvalue weighted by Gasteiger charge is 2.44. The van der Waals surface area contributed by atoms with Crippen LogP contribution >= 0.6 is 0 Å². The zero-order chi connectivity index (χ0) is 15.3.